The summed E-state index contributed by atoms with van der Waals surface area (Å²) in [6.45, 7) is 13.8. The number of ether oxygens (including phenoxy) is 1. The normalized spacial score (nSPS) is 17.5. The van der Waals surface area contributed by atoms with Crippen LogP contribution in [-0.4, -0.2) is 43.3 Å². The molecule has 0 fully saturated rings. The van der Waals surface area contributed by atoms with Gasteiger partial charge in [-0.3, -0.25) is 4.90 Å². The summed E-state index contributed by atoms with van der Waals surface area (Å²) in [6.07, 6.45) is 2.29. The summed E-state index contributed by atoms with van der Waals surface area (Å²) in [5, 5.41) is 0. The quantitative estimate of drug-likeness (QED) is 0.677. The Morgan fingerprint density at radius 3 is 2.24 bits per heavy atom. The van der Waals surface area contributed by atoms with Crippen molar-refractivity contribution >= 4 is 0 Å². The van der Waals surface area contributed by atoms with Gasteiger partial charge in [-0.05, 0) is 32.6 Å². The highest BCUT2D eigenvalue weighted by Crippen LogP contribution is 2.26. The van der Waals surface area contributed by atoms with Crippen molar-refractivity contribution in [1.29, 1.82) is 0 Å². The van der Waals surface area contributed by atoms with Gasteiger partial charge in [-0.15, -0.1) is 0 Å². The number of nitrogens with two attached hydrogens (primary N) is 1. The first-order valence-electron chi connectivity index (χ1n) is 6.87. The Labute approximate surface area is 108 Å². The predicted molar refractivity (Wildman–Crippen MR) is 75.2 cm³/mol. The lowest BCUT2D eigenvalue weighted by molar-refractivity contribution is 0.0254. The first kappa shape index (κ1) is 16.9. The Balaban J connectivity index is 4.80. The van der Waals surface area contributed by atoms with Gasteiger partial charge in [0.05, 0.1) is 6.61 Å². The van der Waals surface area contributed by atoms with E-state index in [1.165, 1.54) is 0 Å². The van der Waals surface area contributed by atoms with Crippen LogP contribution < -0.4 is 5.73 Å². The van der Waals surface area contributed by atoms with E-state index in [-0.39, 0.29) is 5.54 Å². The van der Waals surface area contributed by atoms with Gasteiger partial charge in [0, 0.05) is 31.8 Å². The molecule has 0 spiro atoms. The molecule has 0 bridgehead atoms. The average molecular weight is 244 g/mol. The molecule has 0 aromatic rings. The van der Waals surface area contributed by atoms with Crippen molar-refractivity contribution in [3.05, 3.63) is 0 Å². The van der Waals surface area contributed by atoms with E-state index in [4.69, 9.17) is 10.5 Å². The lowest BCUT2D eigenvalue weighted by Crippen LogP contribution is -2.56. The van der Waals surface area contributed by atoms with E-state index in [2.05, 4.69) is 39.5 Å². The monoisotopic (exact) mass is 244 g/mol. The van der Waals surface area contributed by atoms with Crippen LogP contribution >= 0.6 is 0 Å². The topological polar surface area (TPSA) is 38.5 Å². The fourth-order valence-corrected chi connectivity index (χ4v) is 2.63. The highest BCUT2D eigenvalue weighted by Gasteiger charge is 2.33. The van der Waals surface area contributed by atoms with E-state index in [9.17, 15) is 0 Å². The SMILES string of the molecule is CCC(C)N(CCOC)C(C)(CN)CC(C)C. The number of hydrogen-bond acceptors (Lipinski definition) is 3. The minimum Gasteiger partial charge on any atom is -0.383 e. The maximum absolute atomic E-state index is 6.04. The van der Waals surface area contributed by atoms with Crippen LogP contribution in [0.3, 0.4) is 0 Å². The van der Waals surface area contributed by atoms with Crippen molar-refractivity contribution in [2.24, 2.45) is 11.7 Å². The van der Waals surface area contributed by atoms with Crippen LogP contribution in [0.1, 0.15) is 47.5 Å². The van der Waals surface area contributed by atoms with Crippen molar-refractivity contribution in [3.63, 3.8) is 0 Å². The highest BCUT2D eigenvalue weighted by molar-refractivity contribution is 4.90. The molecule has 17 heavy (non-hydrogen) atoms. The zero-order valence-corrected chi connectivity index (χ0v) is 12.6. The largest absolute Gasteiger partial charge is 0.383 e. The molecular weight excluding hydrogens is 212 g/mol. The molecule has 104 valence electrons. The van der Waals surface area contributed by atoms with Crippen molar-refractivity contribution in [2.75, 3.05) is 26.8 Å². The molecule has 0 amide bonds. The maximum Gasteiger partial charge on any atom is 0.0590 e. The first-order chi connectivity index (χ1) is 7.91. The fourth-order valence-electron chi connectivity index (χ4n) is 2.63. The van der Waals surface area contributed by atoms with Gasteiger partial charge >= 0.3 is 0 Å². The van der Waals surface area contributed by atoms with Crippen LogP contribution in [0.25, 0.3) is 0 Å². The summed E-state index contributed by atoms with van der Waals surface area (Å²) in [5.74, 6) is 0.664. The molecule has 0 aliphatic heterocycles. The molecule has 0 aliphatic rings. The Kier molecular flexibility index (Phi) is 8.01. The second-order valence-electron chi connectivity index (χ2n) is 5.74. The summed E-state index contributed by atoms with van der Waals surface area (Å²) < 4.78 is 5.23. The summed E-state index contributed by atoms with van der Waals surface area (Å²) in [6, 6.07) is 0.553. The Morgan fingerprint density at radius 2 is 1.88 bits per heavy atom. The van der Waals surface area contributed by atoms with Crippen molar-refractivity contribution in [2.45, 2.75) is 59.0 Å². The number of nitrogens with zero attached hydrogens (tertiary/aromatic N) is 1. The van der Waals surface area contributed by atoms with E-state index in [1.807, 2.05) is 0 Å². The minimum absolute atomic E-state index is 0.0854. The van der Waals surface area contributed by atoms with Gasteiger partial charge in [0.15, 0.2) is 0 Å². The third kappa shape index (κ3) is 5.36. The third-order valence-corrected chi connectivity index (χ3v) is 3.64. The Morgan fingerprint density at radius 1 is 1.29 bits per heavy atom. The number of hydrogen-bond donors (Lipinski definition) is 1. The van der Waals surface area contributed by atoms with Crippen molar-refractivity contribution in [1.82, 2.24) is 4.90 Å². The molecular formula is C14H32N2O. The summed E-state index contributed by atoms with van der Waals surface area (Å²) in [5.41, 5.74) is 6.12. The second-order valence-corrected chi connectivity index (χ2v) is 5.74. The molecule has 0 saturated carbocycles. The fraction of sp³-hybridized carbons (Fsp3) is 1.00. The Hall–Kier alpha value is -0.120. The molecule has 0 aromatic carbocycles. The van der Waals surface area contributed by atoms with Gasteiger partial charge in [0.2, 0.25) is 0 Å². The summed E-state index contributed by atoms with van der Waals surface area (Å²) in [7, 11) is 1.76. The predicted octanol–water partition coefficient (Wildman–Crippen LogP) is 2.50. The number of rotatable bonds is 9. The van der Waals surface area contributed by atoms with E-state index >= 15 is 0 Å². The van der Waals surface area contributed by atoms with Crippen LogP contribution in [-0.2, 0) is 4.74 Å². The zero-order chi connectivity index (χ0) is 13.5. The standard InChI is InChI=1S/C14H32N2O/c1-7-13(4)16(8-9-17-6)14(5,11-15)10-12(2)3/h12-13H,7-11,15H2,1-6H3. The molecule has 0 radical (unpaired) electrons. The van der Waals surface area contributed by atoms with Crippen LogP contribution in [0.4, 0.5) is 0 Å². The van der Waals surface area contributed by atoms with E-state index in [0.717, 1.165) is 26.0 Å². The summed E-state index contributed by atoms with van der Waals surface area (Å²) in [4.78, 5) is 2.52. The second kappa shape index (κ2) is 8.06. The first-order valence-corrected chi connectivity index (χ1v) is 6.87. The molecule has 0 aliphatic carbocycles. The molecule has 2 atom stereocenters. The molecule has 0 rings (SSSR count). The minimum atomic E-state index is 0.0854. The van der Waals surface area contributed by atoms with Gasteiger partial charge in [-0.1, -0.05) is 20.8 Å². The third-order valence-electron chi connectivity index (χ3n) is 3.64. The maximum atomic E-state index is 6.04. The average Bonchev–Trinajstić information content (AvgIpc) is 2.28. The van der Waals surface area contributed by atoms with Gasteiger partial charge in [-0.2, -0.15) is 0 Å². The molecule has 0 saturated heterocycles. The lowest BCUT2D eigenvalue weighted by atomic mass is 9.87. The zero-order valence-electron chi connectivity index (χ0n) is 12.6. The number of methoxy groups -OCH3 is 1. The van der Waals surface area contributed by atoms with Gasteiger partial charge in [0.25, 0.3) is 0 Å². The molecule has 2 N–H and O–H groups in total. The van der Waals surface area contributed by atoms with Crippen molar-refractivity contribution in [3.8, 4) is 0 Å². The van der Waals surface area contributed by atoms with Crippen LogP contribution in [0.2, 0.25) is 0 Å². The van der Waals surface area contributed by atoms with E-state index in [1.54, 1.807) is 7.11 Å². The van der Waals surface area contributed by atoms with Crippen LogP contribution in [0.15, 0.2) is 0 Å². The van der Waals surface area contributed by atoms with E-state index in [0.29, 0.717) is 18.5 Å². The van der Waals surface area contributed by atoms with E-state index < -0.39 is 0 Å². The van der Waals surface area contributed by atoms with Crippen LogP contribution in [0.5, 0.6) is 0 Å². The molecule has 0 aromatic heterocycles. The smallest absolute Gasteiger partial charge is 0.0590 e. The van der Waals surface area contributed by atoms with Crippen molar-refractivity contribution < 1.29 is 4.74 Å². The Bertz CT molecular complexity index is 197. The molecule has 2 unspecified atom stereocenters. The molecule has 3 heteroatoms. The van der Waals surface area contributed by atoms with Gasteiger partial charge < -0.3 is 10.5 Å². The molecule has 0 heterocycles. The summed E-state index contributed by atoms with van der Waals surface area (Å²) >= 11 is 0. The lowest BCUT2D eigenvalue weighted by Gasteiger charge is -2.45. The van der Waals surface area contributed by atoms with Crippen LogP contribution in [0, 0.1) is 5.92 Å². The van der Waals surface area contributed by atoms with Gasteiger partial charge in [0.1, 0.15) is 0 Å². The van der Waals surface area contributed by atoms with Gasteiger partial charge in [-0.25, -0.2) is 0 Å². The highest BCUT2D eigenvalue weighted by atomic mass is 16.5. The molecule has 3 nitrogen and oxygen atoms in total.